The van der Waals surface area contributed by atoms with E-state index in [0.717, 1.165) is 16.7 Å². The number of ether oxygens (including phenoxy) is 1. The molecule has 1 aliphatic rings. The summed E-state index contributed by atoms with van der Waals surface area (Å²) in [7, 11) is 1.55. The van der Waals surface area contributed by atoms with E-state index < -0.39 is 0 Å². The Morgan fingerprint density at radius 3 is 2.63 bits per heavy atom. The molecule has 2 aromatic rings. The second-order valence-corrected chi connectivity index (χ2v) is 7.87. The van der Waals surface area contributed by atoms with Crippen molar-refractivity contribution in [2.45, 2.75) is 0 Å². The number of nitrogens with one attached hydrogen (secondary N) is 2. The minimum atomic E-state index is -0.246. The Morgan fingerprint density at radius 1 is 1.15 bits per heavy atom. The Balaban J connectivity index is 1.54. The van der Waals surface area contributed by atoms with Gasteiger partial charge in [-0.05, 0) is 36.4 Å². The number of para-hydroxylation sites is 2. The lowest BCUT2D eigenvalue weighted by Gasteiger charge is -2.10. The predicted octanol–water partition coefficient (Wildman–Crippen LogP) is 3.72. The summed E-state index contributed by atoms with van der Waals surface area (Å²) in [6.07, 6.45) is 0. The van der Waals surface area contributed by atoms with Gasteiger partial charge in [-0.15, -0.1) is 0 Å². The summed E-state index contributed by atoms with van der Waals surface area (Å²) in [6, 6.07) is 14.0. The maximum atomic E-state index is 12.4. The van der Waals surface area contributed by atoms with Crippen molar-refractivity contribution < 1.29 is 14.3 Å². The normalized spacial score (nSPS) is 13.0. The average Bonchev–Trinajstić information content (AvgIpc) is 3.21. The number of aliphatic imine (C=N–C) groups is 1. The molecule has 0 unspecified atom stereocenters. The molecule has 3 rings (SSSR count). The van der Waals surface area contributed by atoms with E-state index in [2.05, 4.69) is 15.6 Å². The lowest BCUT2D eigenvalue weighted by molar-refractivity contribution is -0.113. The van der Waals surface area contributed by atoms with Crippen LogP contribution in [-0.4, -0.2) is 41.4 Å². The standard InChI is InChI=1S/C19H19N3O3S2/c1-25-16-5-3-2-4-15(16)22-18(24)13-6-8-14(9-7-13)21-17(23)12-27-19-20-10-11-26-19/h2-9H,10-12H2,1H3,(H,21,23)(H,22,24). The van der Waals surface area contributed by atoms with Crippen molar-refractivity contribution in [1.29, 1.82) is 0 Å². The number of benzene rings is 2. The molecule has 0 spiro atoms. The Bertz CT molecular complexity index is 854. The van der Waals surface area contributed by atoms with Crippen molar-refractivity contribution in [3.8, 4) is 5.75 Å². The van der Waals surface area contributed by atoms with E-state index in [4.69, 9.17) is 4.74 Å². The van der Waals surface area contributed by atoms with Crippen LogP contribution in [0.3, 0.4) is 0 Å². The molecule has 0 saturated heterocycles. The van der Waals surface area contributed by atoms with Gasteiger partial charge in [-0.3, -0.25) is 14.6 Å². The monoisotopic (exact) mass is 401 g/mol. The van der Waals surface area contributed by atoms with Crippen molar-refractivity contribution in [3.05, 3.63) is 54.1 Å². The first-order chi connectivity index (χ1) is 13.2. The molecule has 0 radical (unpaired) electrons. The number of hydrogen-bond donors (Lipinski definition) is 2. The molecule has 2 N–H and O–H groups in total. The molecule has 0 fully saturated rings. The van der Waals surface area contributed by atoms with Crippen LogP contribution in [0.5, 0.6) is 5.75 Å². The molecule has 1 heterocycles. The SMILES string of the molecule is COc1ccccc1NC(=O)c1ccc(NC(=O)CSC2=NCCS2)cc1. The fourth-order valence-electron chi connectivity index (χ4n) is 2.37. The van der Waals surface area contributed by atoms with E-state index in [1.54, 1.807) is 55.3 Å². The second kappa shape index (κ2) is 9.48. The van der Waals surface area contributed by atoms with Crippen molar-refractivity contribution >= 4 is 51.1 Å². The third kappa shape index (κ3) is 5.51. The third-order valence-electron chi connectivity index (χ3n) is 3.67. The molecule has 0 aromatic heterocycles. The molecule has 8 heteroatoms. The Hall–Kier alpha value is -2.45. The molecule has 140 valence electrons. The Kier molecular flexibility index (Phi) is 6.78. The highest BCUT2D eigenvalue weighted by Gasteiger charge is 2.12. The number of methoxy groups -OCH3 is 1. The molecule has 2 amide bonds. The number of rotatable bonds is 6. The number of anilines is 2. The third-order valence-corrected chi connectivity index (χ3v) is 5.92. The van der Waals surface area contributed by atoms with Crippen LogP contribution in [-0.2, 0) is 4.79 Å². The molecule has 27 heavy (non-hydrogen) atoms. The van der Waals surface area contributed by atoms with Gasteiger partial charge in [-0.2, -0.15) is 0 Å². The molecule has 6 nitrogen and oxygen atoms in total. The van der Waals surface area contributed by atoms with E-state index in [0.29, 0.717) is 28.4 Å². The van der Waals surface area contributed by atoms with Crippen LogP contribution in [0, 0.1) is 0 Å². The smallest absolute Gasteiger partial charge is 0.255 e. The lowest BCUT2D eigenvalue weighted by atomic mass is 10.2. The molecular formula is C19H19N3O3S2. The largest absolute Gasteiger partial charge is 0.495 e. The van der Waals surface area contributed by atoms with Gasteiger partial charge in [0, 0.05) is 17.0 Å². The van der Waals surface area contributed by atoms with Crippen molar-refractivity contribution in [3.63, 3.8) is 0 Å². The van der Waals surface area contributed by atoms with Gasteiger partial charge in [0.15, 0.2) is 0 Å². The number of carbonyl (C=O) groups is 2. The van der Waals surface area contributed by atoms with Crippen LogP contribution < -0.4 is 15.4 Å². The highest BCUT2D eigenvalue weighted by molar-refractivity contribution is 8.39. The van der Waals surface area contributed by atoms with E-state index in [9.17, 15) is 9.59 Å². The summed E-state index contributed by atoms with van der Waals surface area (Å²) in [6.45, 7) is 0.826. The first-order valence-corrected chi connectivity index (χ1v) is 10.3. The van der Waals surface area contributed by atoms with Crippen LogP contribution >= 0.6 is 23.5 Å². The maximum Gasteiger partial charge on any atom is 0.255 e. The first-order valence-electron chi connectivity index (χ1n) is 8.30. The van der Waals surface area contributed by atoms with Crippen LogP contribution in [0.2, 0.25) is 0 Å². The van der Waals surface area contributed by atoms with Crippen molar-refractivity contribution in [2.24, 2.45) is 4.99 Å². The van der Waals surface area contributed by atoms with Crippen LogP contribution in [0.15, 0.2) is 53.5 Å². The van der Waals surface area contributed by atoms with E-state index in [1.807, 2.05) is 12.1 Å². The summed E-state index contributed by atoms with van der Waals surface area (Å²) in [4.78, 5) is 28.7. The number of hydrogen-bond acceptors (Lipinski definition) is 6. The highest BCUT2D eigenvalue weighted by Crippen LogP contribution is 2.24. The summed E-state index contributed by atoms with van der Waals surface area (Å²) >= 11 is 3.13. The number of thioether (sulfide) groups is 2. The van der Waals surface area contributed by atoms with Gasteiger partial charge in [0.25, 0.3) is 5.91 Å². The van der Waals surface area contributed by atoms with Gasteiger partial charge < -0.3 is 15.4 Å². The molecule has 0 aliphatic carbocycles. The summed E-state index contributed by atoms with van der Waals surface area (Å²) in [5, 5.41) is 5.64. The highest BCUT2D eigenvalue weighted by atomic mass is 32.2. The van der Waals surface area contributed by atoms with Crippen LogP contribution in [0.4, 0.5) is 11.4 Å². The quantitative estimate of drug-likeness (QED) is 0.771. The zero-order valence-corrected chi connectivity index (χ0v) is 16.4. The van der Waals surface area contributed by atoms with Crippen molar-refractivity contribution in [1.82, 2.24) is 0 Å². The van der Waals surface area contributed by atoms with Gasteiger partial charge in [0.1, 0.15) is 10.1 Å². The van der Waals surface area contributed by atoms with Crippen LogP contribution in [0.1, 0.15) is 10.4 Å². The van der Waals surface area contributed by atoms with Gasteiger partial charge in [-0.1, -0.05) is 35.7 Å². The second-order valence-electron chi connectivity index (χ2n) is 5.56. The first kappa shape index (κ1) is 19.3. The Labute approximate surface area is 166 Å². The average molecular weight is 402 g/mol. The molecular weight excluding hydrogens is 382 g/mol. The topological polar surface area (TPSA) is 79.8 Å². The fourth-order valence-corrected chi connectivity index (χ4v) is 4.18. The van der Waals surface area contributed by atoms with Gasteiger partial charge in [0.05, 0.1) is 25.1 Å². The minimum Gasteiger partial charge on any atom is -0.495 e. The molecule has 0 bridgehead atoms. The predicted molar refractivity (Wildman–Crippen MR) is 113 cm³/mol. The molecule has 0 saturated carbocycles. The zero-order valence-electron chi connectivity index (χ0n) is 14.7. The molecule has 1 aliphatic heterocycles. The van der Waals surface area contributed by atoms with E-state index in [1.165, 1.54) is 11.8 Å². The van der Waals surface area contributed by atoms with E-state index in [-0.39, 0.29) is 11.8 Å². The number of nitrogens with zero attached hydrogens (tertiary/aromatic N) is 1. The molecule has 0 atom stereocenters. The number of carbonyl (C=O) groups excluding carboxylic acids is 2. The molecule has 2 aromatic carbocycles. The van der Waals surface area contributed by atoms with Gasteiger partial charge in [-0.25, -0.2) is 0 Å². The summed E-state index contributed by atoms with van der Waals surface area (Å²) in [5.41, 5.74) is 1.74. The lowest BCUT2D eigenvalue weighted by Crippen LogP contribution is -2.15. The van der Waals surface area contributed by atoms with Crippen LogP contribution in [0.25, 0.3) is 0 Å². The van der Waals surface area contributed by atoms with Gasteiger partial charge >= 0.3 is 0 Å². The Morgan fingerprint density at radius 2 is 1.93 bits per heavy atom. The van der Waals surface area contributed by atoms with E-state index >= 15 is 0 Å². The summed E-state index contributed by atoms with van der Waals surface area (Å²) < 4.78 is 6.20. The fraction of sp³-hybridized carbons (Fsp3) is 0.211. The minimum absolute atomic E-state index is 0.0959. The van der Waals surface area contributed by atoms with Crippen molar-refractivity contribution in [2.75, 3.05) is 35.8 Å². The maximum absolute atomic E-state index is 12.4. The summed E-state index contributed by atoms with van der Waals surface area (Å²) in [5.74, 6) is 1.56. The van der Waals surface area contributed by atoms with Gasteiger partial charge in [0.2, 0.25) is 5.91 Å². The zero-order chi connectivity index (χ0) is 19.1. The number of amides is 2.